The average Bonchev–Trinajstić information content (AvgIpc) is 2.45. The molecule has 0 heterocycles. The molecule has 0 saturated carbocycles. The Hall–Kier alpha value is -1.30. The monoisotopic (exact) mass is 391 g/mol. The molecule has 0 amide bonds. The van der Waals surface area contributed by atoms with Gasteiger partial charge in [0.25, 0.3) is 0 Å². The molecule has 0 fully saturated rings. The van der Waals surface area contributed by atoms with E-state index >= 15 is 0 Å². The minimum absolute atomic E-state index is 0.116. The maximum atomic E-state index is 13.5. The first-order valence-electron chi connectivity index (χ1n) is 5.67. The normalized spacial score (nSPS) is 10.5. The summed E-state index contributed by atoms with van der Waals surface area (Å²) >= 11 is 14.8. The van der Waals surface area contributed by atoms with Crippen LogP contribution in [0, 0.1) is 5.82 Å². The summed E-state index contributed by atoms with van der Waals surface area (Å²) in [5, 5.41) is 0.348. The van der Waals surface area contributed by atoms with Gasteiger partial charge in [-0.15, -0.1) is 0 Å². The van der Waals surface area contributed by atoms with Gasteiger partial charge >= 0.3 is 0 Å². The highest BCUT2D eigenvalue weighted by Gasteiger charge is 2.19. The van der Waals surface area contributed by atoms with Crippen molar-refractivity contribution in [3.8, 4) is 5.75 Å². The topological polar surface area (TPSA) is 52.3 Å². The summed E-state index contributed by atoms with van der Waals surface area (Å²) in [4.78, 5) is 12.5. The van der Waals surface area contributed by atoms with Crippen molar-refractivity contribution in [1.29, 1.82) is 0 Å². The molecule has 0 unspecified atom stereocenters. The molecule has 21 heavy (non-hydrogen) atoms. The molecule has 2 N–H and O–H groups in total. The van der Waals surface area contributed by atoms with Crippen molar-refractivity contribution in [2.45, 2.75) is 0 Å². The van der Waals surface area contributed by atoms with Gasteiger partial charge in [0.05, 0.1) is 32.9 Å². The number of methoxy groups -OCH3 is 1. The van der Waals surface area contributed by atoms with Crippen molar-refractivity contribution in [3.05, 3.63) is 55.7 Å². The van der Waals surface area contributed by atoms with Crippen molar-refractivity contribution < 1.29 is 13.9 Å². The number of rotatable bonds is 3. The van der Waals surface area contributed by atoms with Gasteiger partial charge in [-0.25, -0.2) is 4.39 Å². The van der Waals surface area contributed by atoms with E-state index in [0.29, 0.717) is 0 Å². The van der Waals surface area contributed by atoms with Crippen molar-refractivity contribution in [2.75, 3.05) is 12.8 Å². The summed E-state index contributed by atoms with van der Waals surface area (Å²) in [7, 11) is 1.35. The lowest BCUT2D eigenvalue weighted by atomic mass is 10.0. The largest absolute Gasteiger partial charge is 0.496 e. The minimum Gasteiger partial charge on any atom is -0.496 e. The Bertz CT molecular complexity index is 714. The van der Waals surface area contributed by atoms with E-state index in [1.807, 2.05) is 0 Å². The Labute approximate surface area is 138 Å². The number of nitrogen functional groups attached to an aromatic ring is 1. The lowest BCUT2D eigenvalue weighted by Crippen LogP contribution is -2.06. The second-order valence-corrected chi connectivity index (χ2v) is 5.80. The highest BCUT2D eigenvalue weighted by atomic mass is 79.9. The molecular formula is C14H9BrCl2FNO2. The Morgan fingerprint density at radius 3 is 2.52 bits per heavy atom. The Morgan fingerprint density at radius 2 is 1.95 bits per heavy atom. The molecule has 2 rings (SSSR count). The maximum absolute atomic E-state index is 13.5. The van der Waals surface area contributed by atoms with Crippen molar-refractivity contribution in [1.82, 2.24) is 0 Å². The smallest absolute Gasteiger partial charge is 0.196 e. The van der Waals surface area contributed by atoms with Crippen LogP contribution >= 0.6 is 39.1 Å². The Kier molecular flexibility index (Phi) is 4.76. The number of hydrogen-bond acceptors (Lipinski definition) is 3. The summed E-state index contributed by atoms with van der Waals surface area (Å²) in [6.07, 6.45) is 0. The molecule has 7 heteroatoms. The van der Waals surface area contributed by atoms with Crippen LogP contribution in [0.25, 0.3) is 0 Å². The molecule has 0 aromatic heterocycles. The third-order valence-electron chi connectivity index (χ3n) is 2.81. The number of hydrogen-bond donors (Lipinski definition) is 1. The summed E-state index contributed by atoms with van der Waals surface area (Å²) in [6.45, 7) is 0. The van der Waals surface area contributed by atoms with E-state index < -0.39 is 11.6 Å². The van der Waals surface area contributed by atoms with E-state index in [4.69, 9.17) is 33.7 Å². The second kappa shape index (κ2) is 6.22. The first-order valence-corrected chi connectivity index (χ1v) is 7.22. The van der Waals surface area contributed by atoms with Crippen LogP contribution in [0.1, 0.15) is 15.9 Å². The Morgan fingerprint density at radius 1 is 1.29 bits per heavy atom. The predicted octanol–water partition coefficient (Wildman–Crippen LogP) is 4.72. The number of ether oxygens (including phenoxy) is 1. The van der Waals surface area contributed by atoms with Crippen LogP contribution in [0.4, 0.5) is 10.1 Å². The van der Waals surface area contributed by atoms with Crippen molar-refractivity contribution in [2.24, 2.45) is 0 Å². The standard InChI is InChI=1S/C14H9BrCl2FNO2/c1-21-12-5-10(18)8(15)4-7(12)14(20)6-2-9(16)13(17)11(19)3-6/h2-5H,19H2,1H3. The number of anilines is 1. The van der Waals surface area contributed by atoms with Gasteiger partial charge in [-0.05, 0) is 34.1 Å². The predicted molar refractivity (Wildman–Crippen MR) is 85.0 cm³/mol. The van der Waals surface area contributed by atoms with Crippen LogP contribution in [0.2, 0.25) is 10.0 Å². The molecule has 0 spiro atoms. The van der Waals surface area contributed by atoms with Crippen LogP contribution in [-0.2, 0) is 0 Å². The maximum Gasteiger partial charge on any atom is 0.196 e. The van der Waals surface area contributed by atoms with E-state index in [2.05, 4.69) is 15.9 Å². The molecule has 0 bridgehead atoms. The van der Waals surface area contributed by atoms with Crippen LogP contribution in [-0.4, -0.2) is 12.9 Å². The third-order valence-corrected chi connectivity index (χ3v) is 4.23. The Balaban J connectivity index is 2.57. The molecule has 2 aromatic carbocycles. The summed E-state index contributed by atoms with van der Waals surface area (Å²) < 4.78 is 18.7. The lowest BCUT2D eigenvalue weighted by Gasteiger charge is -2.10. The second-order valence-electron chi connectivity index (χ2n) is 4.16. The van der Waals surface area contributed by atoms with Crippen LogP contribution in [0.5, 0.6) is 5.75 Å². The first kappa shape index (κ1) is 16.1. The number of nitrogens with two attached hydrogens (primary N) is 1. The van der Waals surface area contributed by atoms with Crippen molar-refractivity contribution in [3.63, 3.8) is 0 Å². The fraction of sp³-hybridized carbons (Fsp3) is 0.0714. The van der Waals surface area contributed by atoms with Gasteiger partial charge < -0.3 is 10.5 Å². The third kappa shape index (κ3) is 3.15. The quantitative estimate of drug-likeness (QED) is 0.607. The van der Waals surface area contributed by atoms with E-state index in [-0.39, 0.29) is 37.1 Å². The van der Waals surface area contributed by atoms with Crippen LogP contribution in [0.3, 0.4) is 0 Å². The average molecular weight is 393 g/mol. The van der Waals surface area contributed by atoms with Crippen LogP contribution in [0.15, 0.2) is 28.7 Å². The number of halogens is 4. The number of ketones is 1. The van der Waals surface area contributed by atoms with Gasteiger partial charge in [-0.2, -0.15) is 0 Å². The molecule has 0 aliphatic rings. The van der Waals surface area contributed by atoms with E-state index in [1.54, 1.807) is 0 Å². The molecule has 2 aromatic rings. The molecule has 0 atom stereocenters. The van der Waals surface area contributed by atoms with Gasteiger partial charge in [0, 0.05) is 11.6 Å². The highest BCUT2D eigenvalue weighted by molar-refractivity contribution is 9.10. The van der Waals surface area contributed by atoms with Gasteiger partial charge in [0.15, 0.2) is 5.78 Å². The number of carbonyl (C=O) groups is 1. The number of carbonyl (C=O) groups excluding carboxylic acids is 1. The highest BCUT2D eigenvalue weighted by Crippen LogP contribution is 2.33. The van der Waals surface area contributed by atoms with E-state index in [9.17, 15) is 9.18 Å². The van der Waals surface area contributed by atoms with Crippen molar-refractivity contribution >= 4 is 50.6 Å². The molecule has 3 nitrogen and oxygen atoms in total. The summed E-state index contributed by atoms with van der Waals surface area (Å²) in [6, 6.07) is 5.28. The zero-order valence-corrected chi connectivity index (χ0v) is 13.8. The summed E-state index contributed by atoms with van der Waals surface area (Å²) in [5.74, 6) is -0.819. The fourth-order valence-corrected chi connectivity index (χ4v) is 2.45. The SMILES string of the molecule is COc1cc(F)c(Br)cc1C(=O)c1cc(N)c(Cl)c(Cl)c1. The minimum atomic E-state index is -0.531. The van der Waals surface area contributed by atoms with Gasteiger partial charge in [0.2, 0.25) is 0 Å². The van der Waals surface area contributed by atoms with E-state index in [1.165, 1.54) is 25.3 Å². The zero-order valence-electron chi connectivity index (χ0n) is 10.7. The molecule has 110 valence electrons. The molecule has 0 aliphatic heterocycles. The molecule has 0 saturated heterocycles. The first-order chi connectivity index (χ1) is 9.85. The van der Waals surface area contributed by atoms with Gasteiger partial charge in [-0.3, -0.25) is 4.79 Å². The van der Waals surface area contributed by atoms with Gasteiger partial charge in [-0.1, -0.05) is 23.2 Å². The molecule has 0 radical (unpaired) electrons. The molecule has 0 aliphatic carbocycles. The zero-order chi connectivity index (χ0) is 15.7. The lowest BCUT2D eigenvalue weighted by molar-refractivity contribution is 0.103. The van der Waals surface area contributed by atoms with Crippen LogP contribution < -0.4 is 10.5 Å². The molecular weight excluding hydrogens is 384 g/mol. The van der Waals surface area contributed by atoms with E-state index in [0.717, 1.165) is 6.07 Å². The fourth-order valence-electron chi connectivity index (χ4n) is 1.77. The summed E-state index contributed by atoms with van der Waals surface area (Å²) in [5.41, 5.74) is 6.30. The number of benzene rings is 2. The van der Waals surface area contributed by atoms with Gasteiger partial charge in [0.1, 0.15) is 11.6 Å².